The molecule has 0 heterocycles. The van der Waals surface area contributed by atoms with Crippen LogP contribution >= 0.6 is 50.1 Å². The van der Waals surface area contributed by atoms with E-state index >= 15 is 0 Å². The minimum Gasteiger partial charge on any atom is -0.113 e. The van der Waals surface area contributed by atoms with Crippen LogP contribution in [0.4, 0.5) is 0 Å². The third-order valence-electron chi connectivity index (χ3n) is 3.04. The van der Waals surface area contributed by atoms with Crippen molar-refractivity contribution in [2.24, 2.45) is 0 Å². The van der Waals surface area contributed by atoms with Crippen molar-refractivity contribution in [3.8, 4) is 0 Å². The van der Waals surface area contributed by atoms with Gasteiger partial charge in [-0.2, -0.15) is 0 Å². The maximum atomic E-state index is 6.60. The first-order valence-electron chi connectivity index (χ1n) is 6.29. The van der Waals surface area contributed by atoms with Crippen LogP contribution in [0.1, 0.15) is 35.4 Å². The number of benzene rings is 2. The smallest absolute Gasteiger partial charge is 0.0846 e. The lowest BCUT2D eigenvalue weighted by atomic mass is 10.0. The third kappa shape index (κ3) is 3.96. The zero-order valence-corrected chi connectivity index (χ0v) is 15.2. The highest BCUT2D eigenvalue weighted by molar-refractivity contribution is 14.1. The van der Waals surface area contributed by atoms with Crippen molar-refractivity contribution in [3.63, 3.8) is 0 Å². The van der Waals surface area contributed by atoms with Crippen molar-refractivity contribution in [2.45, 2.75) is 25.1 Å². The Labute approximate surface area is 141 Å². The van der Waals surface area contributed by atoms with E-state index in [-0.39, 0.29) is 5.38 Å². The molecule has 0 radical (unpaired) electrons. The van der Waals surface area contributed by atoms with Crippen molar-refractivity contribution in [1.29, 1.82) is 0 Å². The summed E-state index contributed by atoms with van der Waals surface area (Å²) in [6.45, 7) is 2.20. The van der Waals surface area contributed by atoms with E-state index in [4.69, 9.17) is 11.6 Å². The fraction of sp³-hybridized carbons (Fsp3) is 0.250. The van der Waals surface area contributed by atoms with Crippen LogP contribution in [0, 0.1) is 3.57 Å². The third-order valence-corrected chi connectivity index (χ3v) is 4.92. The molecule has 0 saturated carbocycles. The summed E-state index contributed by atoms with van der Waals surface area (Å²) >= 11 is 12.5. The number of alkyl halides is 1. The average Bonchev–Trinajstić information content (AvgIpc) is 2.42. The second-order valence-corrected chi connectivity index (χ2v) is 7.06. The Morgan fingerprint density at radius 1 is 1.16 bits per heavy atom. The van der Waals surface area contributed by atoms with Crippen LogP contribution in [0.5, 0.6) is 0 Å². The van der Waals surface area contributed by atoms with Crippen molar-refractivity contribution >= 4 is 50.1 Å². The van der Waals surface area contributed by atoms with Crippen LogP contribution < -0.4 is 0 Å². The van der Waals surface area contributed by atoms with Gasteiger partial charge in [0.15, 0.2) is 0 Å². The molecule has 0 fully saturated rings. The lowest BCUT2D eigenvalue weighted by Crippen LogP contribution is -1.96. The minimum atomic E-state index is -0.111. The molecule has 100 valence electrons. The van der Waals surface area contributed by atoms with E-state index in [0.29, 0.717) is 0 Å². The standard InChI is InChI=1S/C16H15BrClI/c1-2-3-11-4-6-12(7-5-11)16(18)14-10-13(19)8-9-15(14)17/h4-10,16H,2-3H2,1H3. The number of aryl methyl sites for hydroxylation is 1. The van der Waals surface area contributed by atoms with Gasteiger partial charge in [-0.3, -0.25) is 0 Å². The molecule has 1 atom stereocenters. The molecule has 2 aromatic carbocycles. The Morgan fingerprint density at radius 2 is 1.84 bits per heavy atom. The highest BCUT2D eigenvalue weighted by Crippen LogP contribution is 2.34. The van der Waals surface area contributed by atoms with Gasteiger partial charge in [-0.1, -0.05) is 53.5 Å². The molecular weight excluding hydrogens is 434 g/mol. The normalized spacial score (nSPS) is 12.4. The van der Waals surface area contributed by atoms with Crippen molar-refractivity contribution in [1.82, 2.24) is 0 Å². The summed E-state index contributed by atoms with van der Waals surface area (Å²) in [6, 6.07) is 14.9. The molecule has 0 N–H and O–H groups in total. The first-order valence-corrected chi connectivity index (χ1v) is 8.60. The van der Waals surface area contributed by atoms with Crippen LogP contribution in [0.2, 0.25) is 0 Å². The van der Waals surface area contributed by atoms with Gasteiger partial charge in [-0.05, 0) is 63.9 Å². The van der Waals surface area contributed by atoms with E-state index in [1.165, 1.54) is 15.6 Å². The number of hydrogen-bond donors (Lipinski definition) is 0. The Morgan fingerprint density at radius 3 is 2.47 bits per heavy atom. The molecule has 0 aliphatic carbocycles. The lowest BCUT2D eigenvalue weighted by Gasteiger charge is -2.13. The number of halogens is 3. The van der Waals surface area contributed by atoms with Gasteiger partial charge in [0.25, 0.3) is 0 Å². The summed E-state index contributed by atoms with van der Waals surface area (Å²) < 4.78 is 2.26. The SMILES string of the molecule is CCCc1ccc(C(Cl)c2cc(I)ccc2Br)cc1. The second kappa shape index (κ2) is 7.09. The fourth-order valence-corrected chi connectivity index (χ4v) is 3.48. The Hall–Kier alpha value is -0.0600. The summed E-state index contributed by atoms with van der Waals surface area (Å²) in [5, 5.41) is -0.111. The molecule has 1 unspecified atom stereocenters. The van der Waals surface area contributed by atoms with E-state index in [2.05, 4.69) is 87.9 Å². The van der Waals surface area contributed by atoms with Crippen LogP contribution in [0.25, 0.3) is 0 Å². The molecule has 2 rings (SSSR count). The zero-order chi connectivity index (χ0) is 13.8. The molecule has 3 heteroatoms. The van der Waals surface area contributed by atoms with Crippen LogP contribution in [0.15, 0.2) is 46.9 Å². The van der Waals surface area contributed by atoms with Gasteiger partial charge in [-0.15, -0.1) is 11.6 Å². The number of hydrogen-bond acceptors (Lipinski definition) is 0. The lowest BCUT2D eigenvalue weighted by molar-refractivity contribution is 0.920. The van der Waals surface area contributed by atoms with E-state index in [1.807, 2.05) is 0 Å². The van der Waals surface area contributed by atoms with Gasteiger partial charge in [0.1, 0.15) is 0 Å². The van der Waals surface area contributed by atoms with Crippen LogP contribution in [0.3, 0.4) is 0 Å². The summed E-state index contributed by atoms with van der Waals surface area (Å²) in [7, 11) is 0. The fourth-order valence-electron chi connectivity index (χ4n) is 2.03. The van der Waals surface area contributed by atoms with Crippen LogP contribution in [-0.4, -0.2) is 0 Å². The summed E-state index contributed by atoms with van der Waals surface area (Å²) in [5.74, 6) is 0. The quantitative estimate of drug-likeness (QED) is 0.378. The van der Waals surface area contributed by atoms with E-state index in [1.54, 1.807) is 0 Å². The molecule has 0 saturated heterocycles. The predicted octanol–water partition coefficient (Wildman–Crippen LogP) is 6.33. The van der Waals surface area contributed by atoms with E-state index < -0.39 is 0 Å². The van der Waals surface area contributed by atoms with Gasteiger partial charge in [0.05, 0.1) is 5.38 Å². The molecule has 0 aliphatic rings. The van der Waals surface area contributed by atoms with Gasteiger partial charge < -0.3 is 0 Å². The molecular formula is C16H15BrClI. The summed E-state index contributed by atoms with van der Waals surface area (Å²) in [5.41, 5.74) is 3.64. The Balaban J connectivity index is 2.27. The average molecular weight is 450 g/mol. The van der Waals surface area contributed by atoms with E-state index in [0.717, 1.165) is 22.0 Å². The van der Waals surface area contributed by atoms with Crippen molar-refractivity contribution in [3.05, 3.63) is 67.2 Å². The molecule has 0 aliphatic heterocycles. The number of rotatable bonds is 4. The highest BCUT2D eigenvalue weighted by Gasteiger charge is 2.14. The first-order chi connectivity index (χ1) is 9.11. The maximum absolute atomic E-state index is 6.60. The first kappa shape index (κ1) is 15.3. The molecule has 2 aromatic rings. The molecule has 0 aromatic heterocycles. The Bertz CT molecular complexity index is 551. The molecule has 0 bridgehead atoms. The molecule has 0 nitrogen and oxygen atoms in total. The monoisotopic (exact) mass is 448 g/mol. The van der Waals surface area contributed by atoms with Crippen molar-refractivity contribution < 1.29 is 0 Å². The van der Waals surface area contributed by atoms with Gasteiger partial charge in [0.2, 0.25) is 0 Å². The minimum absolute atomic E-state index is 0.111. The predicted molar refractivity (Wildman–Crippen MR) is 95.0 cm³/mol. The van der Waals surface area contributed by atoms with Gasteiger partial charge in [-0.25, -0.2) is 0 Å². The molecule has 0 spiro atoms. The largest absolute Gasteiger partial charge is 0.113 e. The second-order valence-electron chi connectivity index (χ2n) is 4.52. The van der Waals surface area contributed by atoms with Gasteiger partial charge in [0, 0.05) is 8.04 Å². The highest BCUT2D eigenvalue weighted by atomic mass is 127. The molecule has 19 heavy (non-hydrogen) atoms. The Kier molecular flexibility index (Phi) is 5.72. The van der Waals surface area contributed by atoms with Crippen LogP contribution in [-0.2, 0) is 6.42 Å². The van der Waals surface area contributed by atoms with E-state index in [9.17, 15) is 0 Å². The summed E-state index contributed by atoms with van der Waals surface area (Å²) in [6.07, 6.45) is 2.30. The summed E-state index contributed by atoms with van der Waals surface area (Å²) in [4.78, 5) is 0. The zero-order valence-electron chi connectivity index (χ0n) is 10.7. The topological polar surface area (TPSA) is 0 Å². The maximum Gasteiger partial charge on any atom is 0.0846 e. The molecule has 0 amide bonds. The van der Waals surface area contributed by atoms with Crippen molar-refractivity contribution in [2.75, 3.05) is 0 Å². The van der Waals surface area contributed by atoms with Gasteiger partial charge >= 0.3 is 0 Å².